The zero-order valence-corrected chi connectivity index (χ0v) is 23.7. The summed E-state index contributed by atoms with van der Waals surface area (Å²) >= 11 is 0. The number of esters is 1. The summed E-state index contributed by atoms with van der Waals surface area (Å²) in [4.78, 5) is 28.5. The van der Waals surface area contributed by atoms with Crippen LogP contribution in [-0.4, -0.2) is 24.0 Å². The number of fused-ring (bicyclic) bond motifs is 1. The SMILES string of the molecule is CCCN(CCC)Cc1c(OC(=O)c2ccc(F)cc2)ccc2c(=O)c(Oc3ccc(C)c(C)c3)c(C(F)(F)F)oc12. The predicted octanol–water partition coefficient (Wildman–Crippen LogP) is 8.20. The minimum atomic E-state index is -5.08. The van der Waals surface area contributed by atoms with Gasteiger partial charge in [0.1, 0.15) is 22.9 Å². The average molecular weight is 586 g/mol. The second-order valence-electron chi connectivity index (χ2n) is 10.0. The van der Waals surface area contributed by atoms with Crippen LogP contribution in [0.2, 0.25) is 0 Å². The van der Waals surface area contributed by atoms with Gasteiger partial charge in [-0.15, -0.1) is 0 Å². The minimum absolute atomic E-state index is 0.0380. The maximum Gasteiger partial charge on any atom is 0.453 e. The number of halogens is 4. The molecule has 0 saturated heterocycles. The lowest BCUT2D eigenvalue weighted by Gasteiger charge is -2.23. The van der Waals surface area contributed by atoms with Crippen molar-refractivity contribution in [2.24, 2.45) is 0 Å². The van der Waals surface area contributed by atoms with Crippen LogP contribution in [0.25, 0.3) is 11.0 Å². The van der Waals surface area contributed by atoms with Gasteiger partial charge in [0.15, 0.2) is 0 Å². The Morgan fingerprint density at radius 2 is 1.60 bits per heavy atom. The number of nitrogens with zero attached hydrogens (tertiary/aromatic N) is 1. The number of hydrogen-bond acceptors (Lipinski definition) is 6. The third kappa shape index (κ3) is 6.82. The number of rotatable bonds is 10. The van der Waals surface area contributed by atoms with Crippen molar-refractivity contribution in [2.75, 3.05) is 13.1 Å². The van der Waals surface area contributed by atoms with Gasteiger partial charge in [0, 0.05) is 6.54 Å². The molecule has 0 aliphatic rings. The van der Waals surface area contributed by atoms with Crippen molar-refractivity contribution in [2.45, 2.75) is 53.3 Å². The van der Waals surface area contributed by atoms with Gasteiger partial charge >= 0.3 is 12.1 Å². The molecule has 0 amide bonds. The summed E-state index contributed by atoms with van der Waals surface area (Å²) in [5, 5.41) is -0.161. The molecule has 0 fully saturated rings. The summed E-state index contributed by atoms with van der Waals surface area (Å²) in [6.07, 6.45) is -3.57. The van der Waals surface area contributed by atoms with E-state index in [1.165, 1.54) is 36.4 Å². The van der Waals surface area contributed by atoms with E-state index >= 15 is 0 Å². The first-order valence-corrected chi connectivity index (χ1v) is 13.6. The van der Waals surface area contributed by atoms with E-state index in [1.807, 2.05) is 25.7 Å². The van der Waals surface area contributed by atoms with Crippen molar-refractivity contribution in [3.05, 3.63) is 98.7 Å². The van der Waals surface area contributed by atoms with Crippen molar-refractivity contribution in [3.63, 3.8) is 0 Å². The largest absolute Gasteiger partial charge is 0.453 e. The van der Waals surface area contributed by atoms with Gasteiger partial charge in [0.05, 0.1) is 16.5 Å². The normalized spacial score (nSPS) is 11.7. The lowest BCUT2D eigenvalue weighted by molar-refractivity contribution is -0.154. The van der Waals surface area contributed by atoms with Crippen LogP contribution in [-0.2, 0) is 12.7 Å². The molecular formula is C32H31F4NO5. The summed E-state index contributed by atoms with van der Waals surface area (Å²) in [6, 6.07) is 11.9. The van der Waals surface area contributed by atoms with Gasteiger partial charge < -0.3 is 13.9 Å². The Balaban J connectivity index is 1.91. The van der Waals surface area contributed by atoms with Gasteiger partial charge in [-0.05, 0) is 99.4 Å². The van der Waals surface area contributed by atoms with E-state index in [0.717, 1.165) is 36.1 Å². The Bertz CT molecular complexity index is 1640. The minimum Gasteiger partial charge on any atom is -0.449 e. The zero-order chi connectivity index (χ0) is 30.6. The van der Waals surface area contributed by atoms with Crippen LogP contribution in [0.4, 0.5) is 17.6 Å². The van der Waals surface area contributed by atoms with E-state index in [0.29, 0.717) is 13.1 Å². The molecule has 0 aliphatic heterocycles. The first-order chi connectivity index (χ1) is 19.9. The standard InChI is InChI=1S/C32H31F4NO5/c1-5-15-37(16-6-2)18-25-26(41-31(39)21-8-10-22(33)11-9-21)14-13-24-27(38)29(30(32(34,35)36)42-28(24)25)40-23-12-7-19(3)20(4)17-23/h7-14,17H,5-6,15-16,18H2,1-4H3. The number of carbonyl (C=O) groups excluding carboxylic acids is 1. The Kier molecular flexibility index (Phi) is 9.36. The van der Waals surface area contributed by atoms with E-state index < -0.39 is 34.9 Å². The first kappa shape index (κ1) is 30.8. The lowest BCUT2D eigenvalue weighted by atomic mass is 10.1. The Morgan fingerprint density at radius 1 is 0.929 bits per heavy atom. The number of aryl methyl sites for hydroxylation is 2. The quantitative estimate of drug-likeness (QED) is 0.106. The molecule has 0 atom stereocenters. The van der Waals surface area contributed by atoms with Crippen LogP contribution < -0.4 is 14.9 Å². The number of ether oxygens (including phenoxy) is 2. The molecule has 0 spiro atoms. The third-order valence-electron chi connectivity index (χ3n) is 6.78. The van der Waals surface area contributed by atoms with Crippen LogP contribution in [0, 0.1) is 19.7 Å². The third-order valence-corrected chi connectivity index (χ3v) is 6.78. The fraction of sp³-hybridized carbons (Fsp3) is 0.312. The van der Waals surface area contributed by atoms with Crippen LogP contribution in [0.1, 0.15) is 59.5 Å². The smallest absolute Gasteiger partial charge is 0.449 e. The molecule has 4 rings (SSSR count). The molecule has 0 unspecified atom stereocenters. The molecule has 222 valence electrons. The summed E-state index contributed by atoms with van der Waals surface area (Å²) in [6.45, 7) is 8.77. The van der Waals surface area contributed by atoms with Crippen molar-refractivity contribution < 1.29 is 36.2 Å². The highest BCUT2D eigenvalue weighted by atomic mass is 19.4. The van der Waals surface area contributed by atoms with Gasteiger partial charge in [-0.2, -0.15) is 13.2 Å². The van der Waals surface area contributed by atoms with E-state index in [2.05, 4.69) is 0 Å². The van der Waals surface area contributed by atoms with Crippen LogP contribution >= 0.6 is 0 Å². The first-order valence-electron chi connectivity index (χ1n) is 13.6. The van der Waals surface area contributed by atoms with Crippen LogP contribution in [0.5, 0.6) is 17.2 Å². The number of hydrogen-bond donors (Lipinski definition) is 0. The molecule has 0 saturated carbocycles. The molecule has 4 aromatic rings. The summed E-state index contributed by atoms with van der Waals surface area (Å²) < 4.78 is 73.1. The van der Waals surface area contributed by atoms with Crippen molar-refractivity contribution >= 4 is 16.9 Å². The molecule has 0 radical (unpaired) electrons. The van der Waals surface area contributed by atoms with E-state index in [1.54, 1.807) is 13.0 Å². The van der Waals surface area contributed by atoms with Crippen LogP contribution in [0.3, 0.4) is 0 Å². The summed E-state index contributed by atoms with van der Waals surface area (Å²) in [5.74, 6) is -4.00. The topological polar surface area (TPSA) is 69.0 Å². The molecule has 1 heterocycles. The Morgan fingerprint density at radius 3 is 2.19 bits per heavy atom. The molecule has 42 heavy (non-hydrogen) atoms. The number of carbonyl (C=O) groups is 1. The number of benzene rings is 3. The highest BCUT2D eigenvalue weighted by Gasteiger charge is 2.41. The van der Waals surface area contributed by atoms with Crippen LogP contribution in [0.15, 0.2) is 63.8 Å². The molecule has 0 N–H and O–H groups in total. The molecule has 0 bridgehead atoms. The van der Waals surface area contributed by atoms with Gasteiger partial charge in [-0.25, -0.2) is 9.18 Å². The highest BCUT2D eigenvalue weighted by molar-refractivity contribution is 5.92. The maximum absolute atomic E-state index is 14.4. The zero-order valence-electron chi connectivity index (χ0n) is 23.7. The molecule has 0 aliphatic carbocycles. The monoisotopic (exact) mass is 585 g/mol. The number of alkyl halides is 3. The van der Waals surface area contributed by atoms with Gasteiger partial charge in [0.2, 0.25) is 11.2 Å². The van der Waals surface area contributed by atoms with Gasteiger partial charge in [0.25, 0.3) is 5.76 Å². The Hall–Kier alpha value is -4.18. The van der Waals surface area contributed by atoms with Crippen molar-refractivity contribution in [1.29, 1.82) is 0 Å². The highest BCUT2D eigenvalue weighted by Crippen LogP contribution is 2.40. The predicted molar refractivity (Wildman–Crippen MR) is 151 cm³/mol. The Labute approximate surface area is 240 Å². The fourth-order valence-electron chi connectivity index (χ4n) is 4.57. The maximum atomic E-state index is 14.4. The van der Waals surface area contributed by atoms with E-state index in [9.17, 15) is 27.2 Å². The second-order valence-corrected chi connectivity index (χ2v) is 10.0. The van der Waals surface area contributed by atoms with Gasteiger partial charge in [-0.3, -0.25) is 9.69 Å². The van der Waals surface area contributed by atoms with Gasteiger partial charge in [-0.1, -0.05) is 19.9 Å². The fourth-order valence-corrected chi connectivity index (χ4v) is 4.57. The average Bonchev–Trinajstić information content (AvgIpc) is 2.93. The molecule has 1 aromatic heterocycles. The molecule has 3 aromatic carbocycles. The molecule has 6 nitrogen and oxygen atoms in total. The van der Waals surface area contributed by atoms with Crippen molar-refractivity contribution in [3.8, 4) is 17.2 Å². The van der Waals surface area contributed by atoms with E-state index in [-0.39, 0.29) is 40.1 Å². The summed E-state index contributed by atoms with van der Waals surface area (Å²) in [5.41, 5.74) is 0.438. The lowest BCUT2D eigenvalue weighted by Crippen LogP contribution is -2.26. The molecule has 10 heteroatoms. The van der Waals surface area contributed by atoms with E-state index in [4.69, 9.17) is 13.9 Å². The second kappa shape index (κ2) is 12.8. The molecular weight excluding hydrogens is 554 g/mol. The summed E-state index contributed by atoms with van der Waals surface area (Å²) in [7, 11) is 0. The van der Waals surface area contributed by atoms with Crippen molar-refractivity contribution in [1.82, 2.24) is 4.90 Å².